The maximum atomic E-state index is 12.4. The van der Waals surface area contributed by atoms with Crippen molar-refractivity contribution < 1.29 is 14.3 Å². The van der Waals surface area contributed by atoms with Crippen LogP contribution >= 0.6 is 0 Å². The van der Waals surface area contributed by atoms with Crippen LogP contribution in [-0.2, 0) is 13.6 Å². The minimum Gasteiger partial charge on any atom is -0.508 e. The van der Waals surface area contributed by atoms with E-state index in [-0.39, 0.29) is 18.2 Å². The molecule has 0 spiro atoms. The number of nitrogens with one attached hydrogen (secondary N) is 2. The summed E-state index contributed by atoms with van der Waals surface area (Å²) in [5.74, 6) is 0.613. The largest absolute Gasteiger partial charge is 0.508 e. The van der Waals surface area contributed by atoms with Crippen LogP contribution in [0.2, 0.25) is 0 Å². The van der Waals surface area contributed by atoms with E-state index in [4.69, 9.17) is 4.42 Å². The lowest BCUT2D eigenvalue weighted by atomic mass is 10.2. The van der Waals surface area contributed by atoms with Crippen molar-refractivity contribution in [3.8, 4) is 17.1 Å². The van der Waals surface area contributed by atoms with E-state index in [9.17, 15) is 9.90 Å². The Labute approximate surface area is 171 Å². The highest BCUT2D eigenvalue weighted by atomic mass is 16.4. The minimum absolute atomic E-state index is 0.0976. The van der Waals surface area contributed by atoms with Gasteiger partial charge in [0.1, 0.15) is 29.2 Å². The first-order valence-electron chi connectivity index (χ1n) is 9.11. The number of aromatic nitrogens is 5. The SMILES string of the molecule is Cc1cnc(Nc2ccnn2C)nc1-c1coc(C(=O)NCc2ccccc2O)n1. The van der Waals surface area contributed by atoms with Gasteiger partial charge in [-0.05, 0) is 18.6 Å². The molecule has 1 amide bonds. The number of benzene rings is 1. The van der Waals surface area contributed by atoms with Crippen LogP contribution in [0.15, 0.2) is 53.4 Å². The Morgan fingerprint density at radius 1 is 1.23 bits per heavy atom. The fourth-order valence-corrected chi connectivity index (χ4v) is 2.77. The number of hydrogen-bond donors (Lipinski definition) is 3. The molecule has 152 valence electrons. The third-order valence-corrected chi connectivity index (χ3v) is 4.40. The molecule has 3 aromatic heterocycles. The van der Waals surface area contributed by atoms with Crippen molar-refractivity contribution in [2.24, 2.45) is 7.05 Å². The van der Waals surface area contributed by atoms with Crippen molar-refractivity contribution in [3.05, 3.63) is 66.0 Å². The average Bonchev–Trinajstić information content (AvgIpc) is 3.38. The van der Waals surface area contributed by atoms with Crippen molar-refractivity contribution in [1.82, 2.24) is 30.0 Å². The van der Waals surface area contributed by atoms with E-state index in [1.165, 1.54) is 6.26 Å². The summed E-state index contributed by atoms with van der Waals surface area (Å²) in [4.78, 5) is 25.4. The van der Waals surface area contributed by atoms with Gasteiger partial charge in [0.05, 0.1) is 6.20 Å². The molecule has 0 fully saturated rings. The molecule has 0 aliphatic carbocycles. The van der Waals surface area contributed by atoms with Crippen LogP contribution in [0.1, 0.15) is 21.8 Å². The van der Waals surface area contributed by atoms with Crippen molar-refractivity contribution >= 4 is 17.7 Å². The number of phenolic OH excluding ortho intramolecular Hbond substituents is 1. The van der Waals surface area contributed by atoms with Crippen molar-refractivity contribution in [2.45, 2.75) is 13.5 Å². The van der Waals surface area contributed by atoms with Gasteiger partial charge in [0.25, 0.3) is 5.89 Å². The van der Waals surface area contributed by atoms with Crippen LogP contribution in [0.3, 0.4) is 0 Å². The van der Waals surface area contributed by atoms with Gasteiger partial charge in [0.15, 0.2) is 0 Å². The molecule has 0 unspecified atom stereocenters. The third-order valence-electron chi connectivity index (χ3n) is 4.40. The van der Waals surface area contributed by atoms with Crippen molar-refractivity contribution in [3.63, 3.8) is 0 Å². The van der Waals surface area contributed by atoms with Gasteiger partial charge < -0.3 is 20.2 Å². The Morgan fingerprint density at radius 3 is 2.83 bits per heavy atom. The fourth-order valence-electron chi connectivity index (χ4n) is 2.77. The maximum absolute atomic E-state index is 12.4. The van der Waals surface area contributed by atoms with E-state index >= 15 is 0 Å². The normalized spacial score (nSPS) is 10.7. The molecule has 1 aromatic carbocycles. The molecule has 0 atom stereocenters. The van der Waals surface area contributed by atoms with Gasteiger partial charge >= 0.3 is 5.91 Å². The molecule has 0 bridgehead atoms. The summed E-state index contributed by atoms with van der Waals surface area (Å²) in [5.41, 5.74) is 2.32. The number of amides is 1. The van der Waals surface area contributed by atoms with E-state index in [2.05, 4.69) is 30.7 Å². The standard InChI is InChI=1S/C20H19N7O3/c1-12-9-22-20(25-16-7-8-23-27(16)2)26-17(12)14-11-30-19(24-14)18(29)21-10-13-5-3-4-6-15(13)28/h3-9,11,28H,10H2,1-2H3,(H,21,29)(H,22,25,26). The summed E-state index contributed by atoms with van der Waals surface area (Å²) >= 11 is 0. The molecule has 0 saturated carbocycles. The van der Waals surface area contributed by atoms with E-state index < -0.39 is 5.91 Å². The molecule has 10 heteroatoms. The minimum atomic E-state index is -0.496. The Hall–Kier alpha value is -4.21. The number of aromatic hydroxyl groups is 1. The lowest BCUT2D eigenvalue weighted by Gasteiger charge is -2.07. The van der Waals surface area contributed by atoms with Gasteiger partial charge in [0, 0.05) is 31.4 Å². The number of nitrogens with zero attached hydrogens (tertiary/aromatic N) is 5. The van der Waals surface area contributed by atoms with E-state index in [1.54, 1.807) is 54.5 Å². The zero-order valence-corrected chi connectivity index (χ0v) is 16.3. The summed E-state index contributed by atoms with van der Waals surface area (Å²) < 4.78 is 7.00. The highest BCUT2D eigenvalue weighted by Gasteiger charge is 2.17. The first-order valence-corrected chi connectivity index (χ1v) is 9.11. The number of anilines is 2. The van der Waals surface area contributed by atoms with Gasteiger partial charge in [-0.2, -0.15) is 5.10 Å². The molecule has 10 nitrogen and oxygen atoms in total. The molecule has 3 heterocycles. The van der Waals surface area contributed by atoms with Crippen LogP contribution in [-0.4, -0.2) is 35.7 Å². The van der Waals surface area contributed by atoms with Gasteiger partial charge in [-0.1, -0.05) is 18.2 Å². The van der Waals surface area contributed by atoms with E-state index in [1.807, 2.05) is 6.92 Å². The first kappa shape index (κ1) is 19.1. The quantitative estimate of drug-likeness (QED) is 0.446. The van der Waals surface area contributed by atoms with Crippen LogP contribution in [0.25, 0.3) is 11.4 Å². The van der Waals surface area contributed by atoms with Crippen LogP contribution in [0.4, 0.5) is 11.8 Å². The first-order chi connectivity index (χ1) is 14.5. The number of para-hydroxylation sites is 1. The number of hydrogen-bond acceptors (Lipinski definition) is 8. The summed E-state index contributed by atoms with van der Waals surface area (Å²) in [7, 11) is 1.80. The van der Waals surface area contributed by atoms with E-state index in [0.717, 1.165) is 11.4 Å². The molecular weight excluding hydrogens is 386 g/mol. The summed E-state index contributed by atoms with van der Waals surface area (Å²) in [6.45, 7) is 1.99. The van der Waals surface area contributed by atoms with Gasteiger partial charge in [-0.25, -0.2) is 15.0 Å². The third kappa shape index (κ3) is 3.97. The molecule has 0 aliphatic rings. The number of aryl methyl sites for hydroxylation is 2. The topological polar surface area (TPSA) is 131 Å². The van der Waals surface area contributed by atoms with Crippen LogP contribution in [0.5, 0.6) is 5.75 Å². The lowest BCUT2D eigenvalue weighted by molar-refractivity contribution is 0.0916. The number of oxazole rings is 1. The number of phenols is 1. The fraction of sp³-hybridized carbons (Fsp3) is 0.150. The summed E-state index contributed by atoms with van der Waals surface area (Å²) in [6.07, 6.45) is 4.70. The average molecular weight is 405 g/mol. The highest BCUT2D eigenvalue weighted by molar-refractivity contribution is 5.90. The Bertz CT molecular complexity index is 1200. The Balaban J connectivity index is 1.50. The molecule has 30 heavy (non-hydrogen) atoms. The highest BCUT2D eigenvalue weighted by Crippen LogP contribution is 2.23. The predicted octanol–water partition coefficient (Wildman–Crippen LogP) is 2.55. The van der Waals surface area contributed by atoms with Crippen LogP contribution < -0.4 is 10.6 Å². The van der Waals surface area contributed by atoms with Gasteiger partial charge in [0.2, 0.25) is 5.95 Å². The van der Waals surface area contributed by atoms with Crippen molar-refractivity contribution in [1.29, 1.82) is 0 Å². The number of carbonyl (C=O) groups is 1. The molecule has 0 saturated heterocycles. The number of carbonyl (C=O) groups excluding carboxylic acids is 1. The molecule has 4 rings (SSSR count). The molecule has 0 radical (unpaired) electrons. The summed E-state index contributed by atoms with van der Waals surface area (Å²) in [6, 6.07) is 8.56. The zero-order valence-electron chi connectivity index (χ0n) is 16.3. The van der Waals surface area contributed by atoms with Crippen molar-refractivity contribution in [2.75, 3.05) is 5.32 Å². The second-order valence-electron chi connectivity index (χ2n) is 6.54. The molecular formula is C20H19N7O3. The molecule has 4 aromatic rings. The Morgan fingerprint density at radius 2 is 2.07 bits per heavy atom. The Kier molecular flexibility index (Phi) is 5.12. The maximum Gasteiger partial charge on any atom is 0.307 e. The van der Waals surface area contributed by atoms with E-state index in [0.29, 0.717) is 22.9 Å². The second kappa shape index (κ2) is 8.03. The van der Waals surface area contributed by atoms with Crippen LogP contribution in [0, 0.1) is 6.92 Å². The smallest absolute Gasteiger partial charge is 0.307 e. The zero-order chi connectivity index (χ0) is 21.1. The second-order valence-corrected chi connectivity index (χ2v) is 6.54. The predicted molar refractivity (Wildman–Crippen MR) is 108 cm³/mol. The summed E-state index contributed by atoms with van der Waals surface area (Å²) in [5, 5.41) is 19.6. The lowest BCUT2D eigenvalue weighted by Crippen LogP contribution is -2.23. The monoisotopic (exact) mass is 405 g/mol. The van der Waals surface area contributed by atoms with Gasteiger partial charge in [-0.15, -0.1) is 0 Å². The molecule has 3 N–H and O–H groups in total. The number of rotatable bonds is 6. The molecule has 0 aliphatic heterocycles. The van der Waals surface area contributed by atoms with Gasteiger partial charge in [-0.3, -0.25) is 9.48 Å².